The molecule has 0 aliphatic rings. The van der Waals surface area contributed by atoms with Crippen LogP contribution in [0.2, 0.25) is 0 Å². The molecule has 0 aliphatic heterocycles. The quantitative estimate of drug-likeness (QED) is 0.591. The van der Waals surface area contributed by atoms with Crippen LogP contribution in [0, 0.1) is 0 Å². The third kappa shape index (κ3) is 3.60. The number of hydrogen-bond donors (Lipinski definition) is 0. The zero-order chi connectivity index (χ0) is 16.2. The molecule has 1 unspecified atom stereocenters. The van der Waals surface area contributed by atoms with Gasteiger partial charge in [-0.15, -0.1) is 0 Å². The molecule has 0 bridgehead atoms. The average Bonchev–Trinajstić information content (AvgIpc) is 2.48. The molecule has 0 saturated heterocycles. The van der Waals surface area contributed by atoms with E-state index in [1.807, 2.05) is 44.2 Å². The summed E-state index contributed by atoms with van der Waals surface area (Å²) in [6, 6.07) is 17.8. The second-order valence-electron chi connectivity index (χ2n) is 5.49. The van der Waals surface area contributed by atoms with Crippen molar-refractivity contribution in [3.63, 3.8) is 0 Å². The minimum absolute atomic E-state index is 0.220. The van der Waals surface area contributed by atoms with E-state index in [4.69, 9.17) is 11.6 Å². The van der Waals surface area contributed by atoms with Crippen LogP contribution in [0.5, 0.6) is 0 Å². The van der Waals surface area contributed by atoms with E-state index in [2.05, 4.69) is 0 Å². The van der Waals surface area contributed by atoms with Gasteiger partial charge in [-0.05, 0) is 37.6 Å². The van der Waals surface area contributed by atoms with E-state index < -0.39 is 14.0 Å². The van der Waals surface area contributed by atoms with Crippen molar-refractivity contribution in [2.24, 2.45) is 0 Å². The monoisotopic (exact) mass is 334 g/mol. The van der Waals surface area contributed by atoms with Gasteiger partial charge in [0, 0.05) is 6.42 Å². The van der Waals surface area contributed by atoms with Crippen molar-refractivity contribution in [3.05, 3.63) is 77.9 Å². The number of benzene rings is 2. The van der Waals surface area contributed by atoms with Crippen molar-refractivity contribution in [1.82, 2.24) is 0 Å². The van der Waals surface area contributed by atoms with E-state index in [0.717, 1.165) is 11.1 Å². The Kier molecular flexibility index (Phi) is 5.09. The smallest absolute Gasteiger partial charge is 0.201 e. The molecule has 0 N–H and O–H groups in total. The van der Waals surface area contributed by atoms with Gasteiger partial charge in [0.2, 0.25) is 9.84 Å². The molecular weight excluding hydrogens is 316 g/mol. The minimum atomic E-state index is -3.70. The summed E-state index contributed by atoms with van der Waals surface area (Å²) in [6.45, 7) is 3.70. The number of alkyl halides is 1. The zero-order valence-electron chi connectivity index (χ0n) is 12.7. The third-order valence-corrected chi connectivity index (χ3v) is 6.19. The Morgan fingerprint density at radius 2 is 1.50 bits per heavy atom. The number of sulfone groups is 1. The van der Waals surface area contributed by atoms with Gasteiger partial charge in [-0.25, -0.2) is 8.42 Å². The molecule has 0 fully saturated rings. The van der Waals surface area contributed by atoms with Crippen LogP contribution in [-0.2, 0) is 16.3 Å². The standard InChI is InChI=1S/C18H19ClO2S/c1-15(2)13-18(19,14-16-9-5-3-6-10-16)22(20,21)17-11-7-4-8-12-17/h3-13H,14H2,1-2H3. The Morgan fingerprint density at radius 3 is 2.00 bits per heavy atom. The van der Waals surface area contributed by atoms with Crippen molar-refractivity contribution in [3.8, 4) is 0 Å². The normalized spacial score (nSPS) is 14.1. The Morgan fingerprint density at radius 1 is 1.00 bits per heavy atom. The summed E-state index contributed by atoms with van der Waals surface area (Å²) in [5.74, 6) is 0. The van der Waals surface area contributed by atoms with Crippen LogP contribution in [-0.4, -0.2) is 12.6 Å². The molecule has 0 aromatic heterocycles. The van der Waals surface area contributed by atoms with Crippen LogP contribution < -0.4 is 0 Å². The average molecular weight is 335 g/mol. The maximum atomic E-state index is 13.0. The Bertz CT molecular complexity index is 748. The maximum absolute atomic E-state index is 13.0. The first-order valence-corrected chi connectivity index (χ1v) is 8.90. The largest absolute Gasteiger partial charge is 0.222 e. The van der Waals surface area contributed by atoms with Gasteiger partial charge >= 0.3 is 0 Å². The first-order chi connectivity index (χ1) is 10.3. The van der Waals surface area contributed by atoms with Crippen LogP contribution >= 0.6 is 11.6 Å². The van der Waals surface area contributed by atoms with Gasteiger partial charge in [0.1, 0.15) is 0 Å². The number of hydrogen-bond acceptors (Lipinski definition) is 2. The van der Waals surface area contributed by atoms with Crippen molar-refractivity contribution < 1.29 is 8.42 Å². The highest BCUT2D eigenvalue weighted by atomic mass is 35.5. The lowest BCUT2D eigenvalue weighted by atomic mass is 10.1. The molecule has 22 heavy (non-hydrogen) atoms. The van der Waals surface area contributed by atoms with Gasteiger partial charge in [0.15, 0.2) is 4.21 Å². The summed E-state index contributed by atoms with van der Waals surface area (Å²) in [5, 5.41) is 0. The van der Waals surface area contributed by atoms with Crippen LogP contribution in [0.15, 0.2) is 77.2 Å². The molecule has 0 radical (unpaired) electrons. The highest BCUT2D eigenvalue weighted by Crippen LogP contribution is 2.35. The maximum Gasteiger partial charge on any atom is 0.201 e. The molecule has 0 spiro atoms. The van der Waals surface area contributed by atoms with Crippen LogP contribution in [0.1, 0.15) is 19.4 Å². The summed E-state index contributed by atoms with van der Waals surface area (Å²) in [5.41, 5.74) is 1.75. The van der Waals surface area contributed by atoms with Gasteiger partial charge in [0.05, 0.1) is 4.90 Å². The molecule has 1 atom stereocenters. The first kappa shape index (κ1) is 16.8. The van der Waals surface area contributed by atoms with E-state index in [9.17, 15) is 8.42 Å². The number of allylic oxidation sites excluding steroid dienone is 1. The van der Waals surface area contributed by atoms with Gasteiger partial charge < -0.3 is 0 Å². The fourth-order valence-corrected chi connectivity index (χ4v) is 4.62. The van der Waals surface area contributed by atoms with Crippen LogP contribution in [0.4, 0.5) is 0 Å². The number of rotatable bonds is 5. The summed E-state index contributed by atoms with van der Waals surface area (Å²) in [6.07, 6.45) is 1.85. The highest BCUT2D eigenvalue weighted by molar-refractivity contribution is 7.94. The van der Waals surface area contributed by atoms with E-state index in [1.165, 1.54) is 0 Å². The van der Waals surface area contributed by atoms with Gasteiger partial charge in [-0.1, -0.05) is 65.7 Å². The number of halogens is 1. The SMILES string of the molecule is CC(C)=CC(Cl)(Cc1ccccc1)S(=O)(=O)c1ccccc1. The molecule has 0 heterocycles. The van der Waals surface area contributed by atoms with E-state index in [-0.39, 0.29) is 11.3 Å². The lowest BCUT2D eigenvalue weighted by molar-refractivity contribution is 0.581. The minimum Gasteiger partial charge on any atom is -0.222 e. The van der Waals surface area contributed by atoms with Crippen molar-refractivity contribution >= 4 is 21.4 Å². The fourth-order valence-electron chi connectivity index (χ4n) is 2.32. The molecule has 116 valence electrons. The van der Waals surface area contributed by atoms with E-state index in [1.54, 1.807) is 36.4 Å². The summed E-state index contributed by atoms with van der Waals surface area (Å²) < 4.78 is 24.5. The second-order valence-corrected chi connectivity index (χ2v) is 8.59. The fraction of sp³-hybridized carbons (Fsp3) is 0.222. The molecule has 2 rings (SSSR count). The lowest BCUT2D eigenvalue weighted by Crippen LogP contribution is -2.33. The Hall–Kier alpha value is -1.58. The molecule has 0 aliphatic carbocycles. The summed E-state index contributed by atoms with van der Waals surface area (Å²) in [4.78, 5) is 0.235. The Balaban J connectivity index is 2.53. The molecular formula is C18H19ClO2S. The van der Waals surface area contributed by atoms with E-state index in [0.29, 0.717) is 0 Å². The first-order valence-electron chi connectivity index (χ1n) is 7.04. The predicted molar refractivity (Wildman–Crippen MR) is 91.8 cm³/mol. The third-order valence-electron chi connectivity index (χ3n) is 3.29. The van der Waals surface area contributed by atoms with Gasteiger partial charge in [-0.3, -0.25) is 0 Å². The van der Waals surface area contributed by atoms with Crippen molar-refractivity contribution in [1.29, 1.82) is 0 Å². The van der Waals surface area contributed by atoms with Crippen LogP contribution in [0.25, 0.3) is 0 Å². The van der Waals surface area contributed by atoms with Crippen molar-refractivity contribution in [2.75, 3.05) is 0 Å². The van der Waals surface area contributed by atoms with E-state index >= 15 is 0 Å². The second kappa shape index (κ2) is 6.67. The van der Waals surface area contributed by atoms with Crippen molar-refractivity contribution in [2.45, 2.75) is 29.4 Å². The molecule has 4 heteroatoms. The summed E-state index contributed by atoms with van der Waals surface area (Å²) >= 11 is 6.63. The van der Waals surface area contributed by atoms with Gasteiger partial charge in [-0.2, -0.15) is 0 Å². The molecule has 2 aromatic carbocycles. The summed E-state index contributed by atoms with van der Waals surface area (Å²) in [7, 11) is -3.70. The molecule has 2 aromatic rings. The molecule has 2 nitrogen and oxygen atoms in total. The zero-order valence-corrected chi connectivity index (χ0v) is 14.2. The lowest BCUT2D eigenvalue weighted by Gasteiger charge is -2.25. The highest BCUT2D eigenvalue weighted by Gasteiger charge is 2.41. The molecule has 0 amide bonds. The van der Waals surface area contributed by atoms with Gasteiger partial charge in [0.25, 0.3) is 0 Å². The van der Waals surface area contributed by atoms with Crippen LogP contribution in [0.3, 0.4) is 0 Å². The Labute approximate surface area is 137 Å². The molecule has 0 saturated carbocycles. The topological polar surface area (TPSA) is 34.1 Å². The predicted octanol–water partition coefficient (Wildman–Crippen LogP) is 4.60.